The van der Waals surface area contributed by atoms with E-state index in [1.54, 1.807) is 0 Å². The molecule has 0 fully saturated rings. The minimum Gasteiger partial charge on any atom is -0.370 e. The molecule has 0 aliphatic heterocycles. The molecule has 0 radical (unpaired) electrons. The lowest BCUT2D eigenvalue weighted by molar-refractivity contribution is 0.267. The Kier molecular flexibility index (Phi) is 7.70. The summed E-state index contributed by atoms with van der Waals surface area (Å²) in [6, 6.07) is 0. The molecule has 0 rings (SSSR count). The van der Waals surface area contributed by atoms with Gasteiger partial charge in [-0.3, -0.25) is 10.4 Å². The molecule has 0 unspecified atom stereocenters. The van der Waals surface area contributed by atoms with Gasteiger partial charge in [0.15, 0.2) is 9.80 Å². The highest BCUT2D eigenvalue weighted by Crippen LogP contribution is 2.30. The van der Waals surface area contributed by atoms with E-state index < -0.39 is 0 Å². The average Bonchev–Trinajstić information content (AvgIpc) is 2.23. The molecule has 0 atom stereocenters. The Hall–Kier alpha value is -0.330. The summed E-state index contributed by atoms with van der Waals surface area (Å²) >= 11 is 1.85. The Morgan fingerprint density at radius 2 is 2.00 bits per heavy atom. The van der Waals surface area contributed by atoms with E-state index in [4.69, 9.17) is 11.1 Å². The van der Waals surface area contributed by atoms with Crippen molar-refractivity contribution >= 4 is 32.4 Å². The molecule has 0 aromatic carbocycles. The van der Waals surface area contributed by atoms with Gasteiger partial charge in [0.05, 0.1) is 0 Å². The van der Waals surface area contributed by atoms with E-state index in [9.17, 15) is 0 Å². The number of amidine groups is 1. The summed E-state index contributed by atoms with van der Waals surface area (Å²) in [6.07, 6.45) is 4.65. The van der Waals surface area contributed by atoms with Crippen LogP contribution < -0.4 is 11.1 Å². The molecule has 94 valence electrons. The van der Waals surface area contributed by atoms with Crippen LogP contribution >= 0.6 is 22.6 Å². The maximum atomic E-state index is 7.18. The number of nitrogens with zero attached hydrogens (tertiary/aromatic N) is 1. The molecular formula is C11H23IN4. The molecule has 4 nitrogen and oxygen atoms in total. The van der Waals surface area contributed by atoms with E-state index in [1.807, 2.05) is 22.6 Å². The first-order valence-electron chi connectivity index (χ1n) is 5.74. The smallest absolute Gasteiger partial charge is 0.194 e. The van der Waals surface area contributed by atoms with Crippen LogP contribution in [0.25, 0.3) is 0 Å². The van der Waals surface area contributed by atoms with Crippen molar-refractivity contribution in [3.05, 3.63) is 0 Å². The largest absolute Gasteiger partial charge is 0.370 e. The maximum absolute atomic E-state index is 7.18. The van der Waals surface area contributed by atoms with Gasteiger partial charge >= 0.3 is 0 Å². The number of hydrogen-bond donors (Lipinski definition) is 3. The van der Waals surface area contributed by atoms with Crippen LogP contribution in [0.5, 0.6) is 0 Å². The molecule has 0 saturated heterocycles. The van der Waals surface area contributed by atoms with Crippen molar-refractivity contribution in [3.8, 4) is 0 Å². The number of rotatable bonds is 6. The maximum Gasteiger partial charge on any atom is 0.194 e. The number of nitrogens with two attached hydrogens (primary N) is 1. The third kappa shape index (κ3) is 7.03. The Balaban J connectivity index is 3.86. The molecule has 0 aromatic heterocycles. The lowest BCUT2D eigenvalue weighted by atomic mass is 9.80. The number of nitrogens with one attached hydrogen (secondary N) is 2. The highest BCUT2D eigenvalue weighted by atomic mass is 127. The fourth-order valence-corrected chi connectivity index (χ4v) is 1.74. The van der Waals surface area contributed by atoms with Crippen molar-refractivity contribution in [1.29, 1.82) is 5.41 Å². The molecule has 0 heterocycles. The highest BCUT2D eigenvalue weighted by Gasteiger charge is 2.18. The fourth-order valence-electron chi connectivity index (χ4n) is 1.46. The van der Waals surface area contributed by atoms with Gasteiger partial charge in [-0.2, -0.15) is 0 Å². The van der Waals surface area contributed by atoms with Gasteiger partial charge in [-0.1, -0.05) is 33.6 Å². The summed E-state index contributed by atoms with van der Waals surface area (Å²) in [6.45, 7) is 7.53. The predicted octanol–water partition coefficient (Wildman–Crippen LogP) is 2.87. The van der Waals surface area contributed by atoms with E-state index in [2.05, 4.69) is 31.1 Å². The molecule has 0 spiro atoms. The Labute approximate surface area is 112 Å². The van der Waals surface area contributed by atoms with E-state index in [-0.39, 0.29) is 0 Å². The van der Waals surface area contributed by atoms with Crippen molar-refractivity contribution in [2.24, 2.45) is 16.1 Å². The van der Waals surface area contributed by atoms with E-state index in [1.165, 1.54) is 19.3 Å². The summed E-state index contributed by atoms with van der Waals surface area (Å²) in [7, 11) is 0. The Morgan fingerprint density at radius 3 is 2.44 bits per heavy atom. The monoisotopic (exact) mass is 338 g/mol. The van der Waals surface area contributed by atoms with Gasteiger partial charge in [-0.05, 0) is 40.8 Å². The van der Waals surface area contributed by atoms with Crippen molar-refractivity contribution < 1.29 is 0 Å². The summed E-state index contributed by atoms with van der Waals surface area (Å²) in [5, 5.41) is 9.84. The van der Waals surface area contributed by atoms with Crippen molar-refractivity contribution in [2.75, 3.05) is 6.54 Å². The van der Waals surface area contributed by atoms with Crippen LogP contribution in [-0.2, 0) is 0 Å². The number of aliphatic imine (C=N–C) groups is 1. The van der Waals surface area contributed by atoms with Gasteiger partial charge in [0, 0.05) is 6.54 Å². The van der Waals surface area contributed by atoms with Crippen LogP contribution in [0.3, 0.4) is 0 Å². The van der Waals surface area contributed by atoms with Crippen LogP contribution in [0, 0.1) is 10.8 Å². The normalized spacial score (nSPS) is 12.6. The second-order valence-corrected chi connectivity index (χ2v) is 5.41. The summed E-state index contributed by atoms with van der Waals surface area (Å²) in [5.41, 5.74) is 6.02. The first kappa shape index (κ1) is 15.7. The Morgan fingerprint density at radius 1 is 1.44 bits per heavy atom. The molecule has 0 amide bonds. The van der Waals surface area contributed by atoms with Gasteiger partial charge < -0.3 is 11.1 Å². The third-order valence-corrected chi connectivity index (χ3v) is 3.44. The summed E-state index contributed by atoms with van der Waals surface area (Å²) < 4.78 is 0.297. The molecule has 16 heavy (non-hydrogen) atoms. The van der Waals surface area contributed by atoms with E-state index in [0.29, 0.717) is 15.2 Å². The zero-order valence-electron chi connectivity index (χ0n) is 10.4. The van der Waals surface area contributed by atoms with Crippen molar-refractivity contribution in [2.45, 2.75) is 46.5 Å². The van der Waals surface area contributed by atoms with Crippen LogP contribution in [0.4, 0.5) is 0 Å². The first-order chi connectivity index (χ1) is 7.43. The summed E-state index contributed by atoms with van der Waals surface area (Å²) in [5.74, 6) is 0.342. The molecule has 4 N–H and O–H groups in total. The molecular weight excluding hydrogens is 315 g/mol. The topological polar surface area (TPSA) is 74.3 Å². The Bertz CT molecular complexity index is 246. The fraction of sp³-hybridized carbons (Fsp3) is 0.818. The second-order valence-electron chi connectivity index (χ2n) is 4.33. The van der Waals surface area contributed by atoms with Gasteiger partial charge in [0.25, 0.3) is 0 Å². The van der Waals surface area contributed by atoms with Crippen LogP contribution in [0.1, 0.15) is 46.5 Å². The molecule has 0 aliphatic rings. The SMILES string of the molecule is CCC(C)(CC)CCCN=C(N)NC(=N)I. The third-order valence-electron chi connectivity index (χ3n) is 3.17. The average molecular weight is 338 g/mol. The quantitative estimate of drug-likeness (QED) is 0.229. The van der Waals surface area contributed by atoms with Gasteiger partial charge in [-0.15, -0.1) is 0 Å². The van der Waals surface area contributed by atoms with Gasteiger partial charge in [-0.25, -0.2) is 0 Å². The van der Waals surface area contributed by atoms with Crippen LogP contribution in [0.15, 0.2) is 4.99 Å². The minimum atomic E-state index is 0.297. The van der Waals surface area contributed by atoms with Crippen LogP contribution in [0.2, 0.25) is 0 Å². The van der Waals surface area contributed by atoms with Crippen molar-refractivity contribution in [1.82, 2.24) is 5.32 Å². The predicted molar refractivity (Wildman–Crippen MR) is 79.3 cm³/mol. The molecule has 0 aliphatic carbocycles. The standard InChI is InChI=1S/C11H23IN4/c1-4-11(3,5-2)7-6-8-15-10(14)16-9(12)13/h4-8H2,1-3H3,(H4,13,14,15,16). The number of hydrogen-bond acceptors (Lipinski definition) is 2. The van der Waals surface area contributed by atoms with Gasteiger partial charge in [0.2, 0.25) is 0 Å². The summed E-state index contributed by atoms with van der Waals surface area (Å²) in [4.78, 5) is 4.17. The second kappa shape index (κ2) is 7.86. The lowest BCUT2D eigenvalue weighted by Crippen LogP contribution is -2.33. The van der Waals surface area contributed by atoms with E-state index in [0.717, 1.165) is 13.0 Å². The van der Waals surface area contributed by atoms with Crippen LogP contribution in [-0.4, -0.2) is 16.3 Å². The van der Waals surface area contributed by atoms with Crippen molar-refractivity contribution in [3.63, 3.8) is 0 Å². The van der Waals surface area contributed by atoms with Gasteiger partial charge in [0.1, 0.15) is 0 Å². The number of halogens is 1. The minimum absolute atomic E-state index is 0.297. The van der Waals surface area contributed by atoms with E-state index >= 15 is 0 Å². The lowest BCUT2D eigenvalue weighted by Gasteiger charge is -2.26. The molecule has 0 bridgehead atoms. The molecule has 0 saturated carbocycles. The molecule has 5 heteroatoms. The zero-order chi connectivity index (χ0) is 12.6. The highest BCUT2D eigenvalue weighted by molar-refractivity contribution is 14.1. The zero-order valence-corrected chi connectivity index (χ0v) is 12.6. The number of guanidine groups is 1. The molecule has 0 aromatic rings. The first-order valence-corrected chi connectivity index (χ1v) is 6.82.